The second-order valence-electron chi connectivity index (χ2n) is 16.2. The van der Waals surface area contributed by atoms with Gasteiger partial charge in [0, 0.05) is 30.1 Å². The third-order valence-electron chi connectivity index (χ3n) is 9.07. The Balaban J connectivity index is 1.30. The van der Waals surface area contributed by atoms with E-state index in [9.17, 15) is 18.9 Å². The molecule has 2 aliphatic rings. The molecule has 2 N–H and O–H groups in total. The van der Waals surface area contributed by atoms with Crippen LogP contribution in [0.5, 0.6) is 0 Å². The van der Waals surface area contributed by atoms with Gasteiger partial charge in [0.15, 0.2) is 6.73 Å². The maximum Gasteiger partial charge on any atom is 0.477 e. The average molecular weight is 755 g/mol. The Morgan fingerprint density at radius 2 is 1.53 bits per heavy atom. The Bertz CT molecular complexity index is 1800. The lowest BCUT2D eigenvalue weighted by Gasteiger charge is -2.30. The molecule has 1 aromatic carbocycles. The lowest BCUT2D eigenvalue weighted by Crippen LogP contribution is -2.50. The van der Waals surface area contributed by atoms with Crippen LogP contribution in [-0.4, -0.2) is 61.2 Å². The van der Waals surface area contributed by atoms with Gasteiger partial charge in [-0.15, -0.1) is 0 Å². The molecule has 290 valence electrons. The summed E-state index contributed by atoms with van der Waals surface area (Å²) in [4.78, 5) is 39.1. The van der Waals surface area contributed by atoms with E-state index in [4.69, 9.17) is 18.3 Å². The number of esters is 1. The fraction of sp³-hybridized carbons (Fsp3) is 0.605. The third kappa shape index (κ3) is 10.9. The van der Waals surface area contributed by atoms with E-state index in [2.05, 4.69) is 20.8 Å². The number of aryl methyl sites for hydroxylation is 1. The van der Waals surface area contributed by atoms with Crippen molar-refractivity contribution in [1.29, 1.82) is 0 Å². The number of benzene rings is 1. The van der Waals surface area contributed by atoms with Crippen LogP contribution in [0.15, 0.2) is 36.5 Å². The van der Waals surface area contributed by atoms with Gasteiger partial charge in [-0.3, -0.25) is 32.6 Å². The van der Waals surface area contributed by atoms with Crippen molar-refractivity contribution in [2.24, 2.45) is 17.8 Å². The van der Waals surface area contributed by atoms with Crippen LogP contribution in [-0.2, 0) is 39.2 Å². The van der Waals surface area contributed by atoms with E-state index in [0.717, 1.165) is 48.2 Å². The standard InChI is InChI=1S/C38H55N6O8P/c1-23(21-49-26(4)45)44-31(19-20-39-44)35(46)41-34(33(28-11-12-28)29-13-14-29)36(47)40-30-17-15-27(16-18-30)32-24(2)42-43(25(32)3)22-50-53(48,51-37(5,6)7)52-38(8,9)10/h15-20,23,28-29,33-34H,11-14,21-22H2,1-10H3,(H,40,47)(H,41,46)/t23-,34-/m0/s1. The Kier molecular flexibility index (Phi) is 12.1. The number of anilines is 1. The molecule has 2 fully saturated rings. The first-order valence-electron chi connectivity index (χ1n) is 18.3. The summed E-state index contributed by atoms with van der Waals surface area (Å²) in [5.74, 6) is -0.292. The molecule has 53 heavy (non-hydrogen) atoms. The first-order valence-corrected chi connectivity index (χ1v) is 19.8. The molecule has 0 unspecified atom stereocenters. The molecule has 0 bridgehead atoms. The molecule has 14 nitrogen and oxygen atoms in total. The fourth-order valence-corrected chi connectivity index (χ4v) is 8.38. The summed E-state index contributed by atoms with van der Waals surface area (Å²) in [7, 11) is -3.95. The summed E-state index contributed by atoms with van der Waals surface area (Å²) >= 11 is 0. The van der Waals surface area contributed by atoms with Crippen molar-refractivity contribution in [3.05, 3.63) is 53.6 Å². The zero-order chi connectivity index (χ0) is 38.9. The first-order chi connectivity index (χ1) is 24.7. The van der Waals surface area contributed by atoms with Crippen molar-refractivity contribution >= 4 is 31.3 Å². The third-order valence-corrected chi connectivity index (χ3v) is 11.0. The van der Waals surface area contributed by atoms with E-state index in [1.807, 2.05) is 45.0 Å². The van der Waals surface area contributed by atoms with Crippen LogP contribution in [0.3, 0.4) is 0 Å². The smallest absolute Gasteiger partial charge is 0.464 e. The monoisotopic (exact) mass is 754 g/mol. The topological polar surface area (TPSA) is 165 Å². The van der Waals surface area contributed by atoms with Gasteiger partial charge in [-0.1, -0.05) is 12.1 Å². The van der Waals surface area contributed by atoms with Crippen molar-refractivity contribution in [2.45, 2.75) is 125 Å². The minimum Gasteiger partial charge on any atom is -0.464 e. The molecule has 2 amide bonds. The summed E-state index contributed by atoms with van der Waals surface area (Å²) in [5.41, 5.74) is 2.63. The highest BCUT2D eigenvalue weighted by atomic mass is 31.2. The Morgan fingerprint density at radius 1 is 0.943 bits per heavy atom. The van der Waals surface area contributed by atoms with Crippen LogP contribution < -0.4 is 10.6 Å². The lowest BCUT2D eigenvalue weighted by atomic mass is 9.88. The van der Waals surface area contributed by atoms with E-state index < -0.39 is 36.9 Å². The van der Waals surface area contributed by atoms with E-state index in [1.165, 1.54) is 17.8 Å². The number of ether oxygens (including phenoxy) is 1. The zero-order valence-electron chi connectivity index (χ0n) is 32.6. The number of hydrogen-bond acceptors (Lipinski definition) is 10. The molecule has 2 saturated carbocycles. The van der Waals surface area contributed by atoms with E-state index in [1.54, 1.807) is 52.3 Å². The highest BCUT2D eigenvalue weighted by molar-refractivity contribution is 7.48. The number of nitrogens with one attached hydrogen (secondary N) is 2. The minimum atomic E-state index is -3.95. The van der Waals surface area contributed by atoms with Crippen molar-refractivity contribution in [3.8, 4) is 11.1 Å². The summed E-state index contributed by atoms with van der Waals surface area (Å²) < 4.78 is 39.2. The number of nitrogens with zero attached hydrogens (tertiary/aromatic N) is 4. The predicted octanol–water partition coefficient (Wildman–Crippen LogP) is 7.37. The number of carbonyl (C=O) groups is 3. The van der Waals surface area contributed by atoms with Crippen molar-refractivity contribution in [1.82, 2.24) is 24.9 Å². The molecule has 2 aliphatic carbocycles. The maximum atomic E-state index is 14.0. The van der Waals surface area contributed by atoms with Crippen molar-refractivity contribution in [3.63, 3.8) is 0 Å². The van der Waals surface area contributed by atoms with E-state index in [-0.39, 0.29) is 31.2 Å². The number of carbonyl (C=O) groups excluding carboxylic acids is 3. The van der Waals surface area contributed by atoms with E-state index in [0.29, 0.717) is 23.2 Å². The Morgan fingerprint density at radius 3 is 2.06 bits per heavy atom. The number of hydrogen-bond donors (Lipinski definition) is 2. The normalized spacial score (nSPS) is 16.4. The van der Waals surface area contributed by atoms with Crippen LogP contribution in [0.25, 0.3) is 11.1 Å². The lowest BCUT2D eigenvalue weighted by molar-refractivity contribution is -0.142. The summed E-state index contributed by atoms with van der Waals surface area (Å²) in [6, 6.07) is 7.97. The molecule has 2 heterocycles. The Labute approximate surface area is 312 Å². The van der Waals surface area contributed by atoms with Crippen LogP contribution in [0.4, 0.5) is 5.69 Å². The van der Waals surface area contributed by atoms with Gasteiger partial charge in [-0.05, 0) is 130 Å². The van der Waals surface area contributed by atoms with Crippen LogP contribution in [0.2, 0.25) is 0 Å². The highest BCUT2D eigenvalue weighted by Crippen LogP contribution is 2.56. The van der Waals surface area contributed by atoms with Gasteiger partial charge in [0.1, 0.15) is 18.3 Å². The molecule has 15 heteroatoms. The molecule has 2 atom stereocenters. The SMILES string of the molecule is CC(=O)OC[C@H](C)n1nccc1C(=O)N[C@H](C(=O)Nc1ccc(-c2c(C)nn(COP(=O)(OC(C)(C)C)OC(C)(C)C)c2C)cc1)C(C1CC1)C1CC1. The summed E-state index contributed by atoms with van der Waals surface area (Å²) in [6.45, 7) is 17.6. The van der Waals surface area contributed by atoms with Crippen molar-refractivity contribution < 1.29 is 37.3 Å². The number of phosphoric ester groups is 1. The maximum absolute atomic E-state index is 14.0. The van der Waals surface area contributed by atoms with Gasteiger partial charge in [0.2, 0.25) is 5.91 Å². The van der Waals surface area contributed by atoms with Gasteiger partial charge in [-0.2, -0.15) is 10.2 Å². The van der Waals surface area contributed by atoms with Gasteiger partial charge in [0.25, 0.3) is 5.91 Å². The van der Waals surface area contributed by atoms with Crippen LogP contribution in [0.1, 0.15) is 109 Å². The highest BCUT2D eigenvalue weighted by Gasteiger charge is 2.48. The Hall–Kier alpha value is -3.84. The summed E-state index contributed by atoms with van der Waals surface area (Å²) in [6.07, 6.45) is 5.67. The van der Waals surface area contributed by atoms with Gasteiger partial charge in [0.05, 0.1) is 22.9 Å². The van der Waals surface area contributed by atoms with Crippen LogP contribution in [0, 0.1) is 31.6 Å². The number of rotatable bonds is 16. The molecule has 0 aliphatic heterocycles. The number of amides is 2. The molecular weight excluding hydrogens is 699 g/mol. The quantitative estimate of drug-likeness (QED) is 0.111. The number of aromatic nitrogens is 4. The van der Waals surface area contributed by atoms with E-state index >= 15 is 0 Å². The molecule has 0 radical (unpaired) electrons. The predicted molar refractivity (Wildman–Crippen MR) is 200 cm³/mol. The largest absolute Gasteiger partial charge is 0.477 e. The number of phosphoric acid groups is 1. The van der Waals surface area contributed by atoms with Gasteiger partial charge in [-0.25, -0.2) is 9.25 Å². The zero-order valence-corrected chi connectivity index (χ0v) is 33.5. The van der Waals surface area contributed by atoms with Crippen LogP contribution >= 0.6 is 7.82 Å². The molecule has 5 rings (SSSR count). The molecule has 0 saturated heterocycles. The van der Waals surface area contributed by atoms with Crippen molar-refractivity contribution in [2.75, 3.05) is 11.9 Å². The molecular formula is C38H55N6O8P. The second-order valence-corrected chi connectivity index (χ2v) is 17.8. The fourth-order valence-electron chi connectivity index (χ4n) is 6.65. The first kappa shape index (κ1) is 40.3. The molecule has 0 spiro atoms. The molecule has 3 aromatic rings. The average Bonchev–Trinajstić information content (AvgIpc) is 3.98. The minimum absolute atomic E-state index is 0.0318. The van der Waals surface area contributed by atoms with Gasteiger partial charge < -0.3 is 15.4 Å². The second kappa shape index (κ2) is 15.9. The van der Waals surface area contributed by atoms with Gasteiger partial charge >= 0.3 is 13.8 Å². The molecule has 2 aromatic heterocycles. The summed E-state index contributed by atoms with van der Waals surface area (Å²) in [5, 5.41) is 15.1.